The number of amides is 2. The molecule has 0 aromatic heterocycles. The number of ether oxygens (including phenoxy) is 1. The number of benzene rings is 3. The second-order valence-electron chi connectivity index (χ2n) is 7.96. The van der Waals surface area contributed by atoms with Crippen LogP contribution in [0.25, 0.3) is 0 Å². The summed E-state index contributed by atoms with van der Waals surface area (Å²) in [7, 11) is 0. The lowest BCUT2D eigenvalue weighted by Crippen LogP contribution is -2.52. The molecule has 0 radical (unpaired) electrons. The number of nitrogens with one attached hydrogen (secondary N) is 2. The molecule has 3 aromatic carbocycles. The third kappa shape index (κ3) is 7.78. The second-order valence-corrected chi connectivity index (χ2v) is 7.96. The summed E-state index contributed by atoms with van der Waals surface area (Å²) in [6.07, 6.45) is 0.351. The largest absolute Gasteiger partial charge is 0.489 e. The minimum atomic E-state index is -1.15. The fourth-order valence-corrected chi connectivity index (χ4v) is 3.48. The molecule has 2 amide bonds. The van der Waals surface area contributed by atoms with E-state index in [1.54, 1.807) is 24.3 Å². The molecule has 0 heterocycles. The van der Waals surface area contributed by atoms with Crippen LogP contribution < -0.4 is 15.4 Å². The van der Waals surface area contributed by atoms with E-state index in [0.717, 1.165) is 16.7 Å². The highest BCUT2D eigenvalue weighted by Gasteiger charge is 2.26. The Morgan fingerprint density at radius 2 is 1.26 bits per heavy atom. The smallest absolute Gasteiger partial charge is 0.326 e. The maximum atomic E-state index is 12.9. The SMILES string of the molecule is CC(=O)N[C@@H](Cc1ccccc1)C(=O)N[C@H](Cc1ccc(OCc2ccccc2)cc1)C(=O)O. The molecule has 0 aliphatic rings. The van der Waals surface area contributed by atoms with E-state index in [9.17, 15) is 19.5 Å². The summed E-state index contributed by atoms with van der Waals surface area (Å²) in [6, 6.07) is 24.1. The third-order valence-corrected chi connectivity index (χ3v) is 5.20. The summed E-state index contributed by atoms with van der Waals surface area (Å²) in [4.78, 5) is 36.3. The lowest BCUT2D eigenvalue weighted by atomic mass is 10.0. The van der Waals surface area contributed by atoms with Gasteiger partial charge in [0.25, 0.3) is 0 Å². The first-order valence-electron chi connectivity index (χ1n) is 11.0. The second kappa shape index (κ2) is 12.2. The predicted octanol–water partition coefficient (Wildman–Crippen LogP) is 3.12. The zero-order valence-electron chi connectivity index (χ0n) is 18.9. The zero-order valence-corrected chi connectivity index (χ0v) is 18.9. The molecule has 3 N–H and O–H groups in total. The summed E-state index contributed by atoms with van der Waals surface area (Å²) in [5.74, 6) is -1.40. The van der Waals surface area contributed by atoms with E-state index in [0.29, 0.717) is 12.4 Å². The Bertz CT molecular complexity index is 1090. The van der Waals surface area contributed by atoms with Gasteiger partial charge in [-0.1, -0.05) is 72.8 Å². The number of hydrogen-bond acceptors (Lipinski definition) is 4. The van der Waals surface area contributed by atoms with Gasteiger partial charge in [-0.3, -0.25) is 9.59 Å². The van der Waals surface area contributed by atoms with Crippen LogP contribution in [0.4, 0.5) is 0 Å². The molecule has 0 fully saturated rings. The number of carbonyl (C=O) groups is 3. The molecule has 0 spiro atoms. The van der Waals surface area contributed by atoms with Gasteiger partial charge in [0.05, 0.1) is 0 Å². The Morgan fingerprint density at radius 3 is 1.82 bits per heavy atom. The number of carbonyl (C=O) groups excluding carboxylic acids is 2. The summed E-state index contributed by atoms with van der Waals surface area (Å²) < 4.78 is 5.76. The van der Waals surface area contributed by atoms with Crippen molar-refractivity contribution in [3.05, 3.63) is 102 Å². The number of aliphatic carboxylic acids is 1. The molecule has 0 saturated heterocycles. The number of rotatable bonds is 11. The first kappa shape index (κ1) is 24.5. The Balaban J connectivity index is 1.61. The van der Waals surface area contributed by atoms with Gasteiger partial charge in [0.2, 0.25) is 11.8 Å². The highest BCUT2D eigenvalue weighted by atomic mass is 16.5. The van der Waals surface area contributed by atoms with Crippen LogP contribution in [-0.4, -0.2) is 35.0 Å². The molecule has 7 nitrogen and oxygen atoms in total. The Morgan fingerprint density at radius 1 is 0.735 bits per heavy atom. The molecule has 3 rings (SSSR count). The maximum Gasteiger partial charge on any atom is 0.326 e. The quantitative estimate of drug-likeness (QED) is 0.408. The van der Waals surface area contributed by atoms with E-state index in [4.69, 9.17) is 4.74 Å². The predicted molar refractivity (Wildman–Crippen MR) is 128 cm³/mol. The fraction of sp³-hybridized carbons (Fsp3) is 0.222. The van der Waals surface area contributed by atoms with Gasteiger partial charge >= 0.3 is 5.97 Å². The van der Waals surface area contributed by atoms with Gasteiger partial charge in [0.1, 0.15) is 24.4 Å². The Hall–Kier alpha value is -4.13. The van der Waals surface area contributed by atoms with Crippen LogP contribution in [0.2, 0.25) is 0 Å². The van der Waals surface area contributed by atoms with Crippen molar-refractivity contribution in [3.63, 3.8) is 0 Å². The normalized spacial score (nSPS) is 12.3. The maximum absolute atomic E-state index is 12.9. The van der Waals surface area contributed by atoms with Crippen LogP contribution in [0, 0.1) is 0 Å². The molecule has 7 heteroatoms. The first-order chi connectivity index (χ1) is 16.4. The van der Waals surface area contributed by atoms with Crippen LogP contribution in [0.1, 0.15) is 23.6 Å². The van der Waals surface area contributed by atoms with Crippen LogP contribution in [0.3, 0.4) is 0 Å². The molecule has 0 saturated carbocycles. The van der Waals surface area contributed by atoms with Crippen LogP contribution in [-0.2, 0) is 33.8 Å². The Labute approximate surface area is 198 Å². The third-order valence-electron chi connectivity index (χ3n) is 5.20. The average molecular weight is 461 g/mol. The molecule has 0 aliphatic carbocycles. The van der Waals surface area contributed by atoms with Crippen molar-refractivity contribution in [2.45, 2.75) is 38.5 Å². The van der Waals surface area contributed by atoms with Crippen molar-refractivity contribution < 1.29 is 24.2 Å². The van der Waals surface area contributed by atoms with Crippen molar-refractivity contribution >= 4 is 17.8 Å². The van der Waals surface area contributed by atoms with Gasteiger partial charge in [0.15, 0.2) is 0 Å². The van der Waals surface area contributed by atoms with Crippen molar-refractivity contribution in [1.82, 2.24) is 10.6 Å². The van der Waals surface area contributed by atoms with E-state index in [1.165, 1.54) is 6.92 Å². The fourth-order valence-electron chi connectivity index (χ4n) is 3.48. The molecule has 176 valence electrons. The summed E-state index contributed by atoms with van der Waals surface area (Å²) in [6.45, 7) is 1.75. The van der Waals surface area contributed by atoms with Crippen LogP contribution in [0.15, 0.2) is 84.9 Å². The number of carboxylic acid groups (broad SMARTS) is 1. The molecule has 0 unspecified atom stereocenters. The van der Waals surface area contributed by atoms with E-state index >= 15 is 0 Å². The van der Waals surface area contributed by atoms with Gasteiger partial charge in [-0.25, -0.2) is 4.79 Å². The minimum absolute atomic E-state index is 0.0954. The van der Waals surface area contributed by atoms with E-state index < -0.39 is 24.0 Å². The molecule has 34 heavy (non-hydrogen) atoms. The van der Waals surface area contributed by atoms with Gasteiger partial charge in [-0.05, 0) is 28.8 Å². The summed E-state index contributed by atoms with van der Waals surface area (Å²) in [5, 5.41) is 14.9. The summed E-state index contributed by atoms with van der Waals surface area (Å²) >= 11 is 0. The van der Waals surface area contributed by atoms with Gasteiger partial charge < -0.3 is 20.5 Å². The number of carboxylic acids is 1. The van der Waals surface area contributed by atoms with E-state index in [2.05, 4.69) is 10.6 Å². The van der Waals surface area contributed by atoms with Crippen LogP contribution >= 0.6 is 0 Å². The monoisotopic (exact) mass is 460 g/mol. The van der Waals surface area contributed by atoms with E-state index in [-0.39, 0.29) is 18.7 Å². The van der Waals surface area contributed by atoms with Crippen molar-refractivity contribution in [2.24, 2.45) is 0 Å². The lowest BCUT2D eigenvalue weighted by Gasteiger charge is -2.21. The highest BCUT2D eigenvalue weighted by molar-refractivity contribution is 5.90. The van der Waals surface area contributed by atoms with Crippen LogP contribution in [0.5, 0.6) is 5.75 Å². The lowest BCUT2D eigenvalue weighted by molar-refractivity contribution is -0.142. The number of hydrogen-bond donors (Lipinski definition) is 3. The molecule has 0 aliphatic heterocycles. The van der Waals surface area contributed by atoms with Gasteiger partial charge in [-0.15, -0.1) is 0 Å². The van der Waals surface area contributed by atoms with Crippen molar-refractivity contribution in [3.8, 4) is 5.75 Å². The highest BCUT2D eigenvalue weighted by Crippen LogP contribution is 2.16. The topological polar surface area (TPSA) is 105 Å². The van der Waals surface area contributed by atoms with Gasteiger partial charge in [-0.2, -0.15) is 0 Å². The van der Waals surface area contributed by atoms with Crippen molar-refractivity contribution in [2.75, 3.05) is 0 Å². The average Bonchev–Trinajstić information content (AvgIpc) is 2.83. The molecule has 3 aromatic rings. The minimum Gasteiger partial charge on any atom is -0.489 e. The van der Waals surface area contributed by atoms with Gasteiger partial charge in [0, 0.05) is 19.8 Å². The molecular formula is C27H28N2O5. The summed E-state index contributed by atoms with van der Waals surface area (Å²) in [5.41, 5.74) is 2.64. The zero-order chi connectivity index (χ0) is 24.3. The standard InChI is InChI=1S/C27H28N2O5/c1-19(30)28-24(16-20-8-4-2-5-9-20)26(31)29-25(27(32)33)17-21-12-14-23(15-13-21)34-18-22-10-6-3-7-11-22/h2-15,24-25H,16-18H2,1H3,(H,28,30)(H,29,31)(H,32,33)/t24-,25+/m0/s1. The molecule has 0 bridgehead atoms. The Kier molecular flexibility index (Phi) is 8.80. The van der Waals surface area contributed by atoms with Crippen molar-refractivity contribution in [1.29, 1.82) is 0 Å². The van der Waals surface area contributed by atoms with E-state index in [1.807, 2.05) is 60.7 Å². The molecular weight excluding hydrogens is 432 g/mol. The first-order valence-corrected chi connectivity index (χ1v) is 11.0. The molecule has 2 atom stereocenters.